The van der Waals surface area contributed by atoms with Crippen LogP contribution in [0.1, 0.15) is 10.5 Å². The molecule has 0 radical (unpaired) electrons. The van der Waals surface area contributed by atoms with Crippen LogP contribution in [0.2, 0.25) is 0 Å². The number of aromatic nitrogens is 3. The average molecular weight is 327 g/mol. The van der Waals surface area contributed by atoms with E-state index in [0.29, 0.717) is 12.4 Å². The number of hydrogen-bond acceptors (Lipinski definition) is 7. The molecule has 0 bridgehead atoms. The second kappa shape index (κ2) is 7.69. The number of nitrogen functional groups attached to an aromatic ring is 1. The first kappa shape index (κ1) is 16.1. The fraction of sp³-hybridized carbons (Fsp3) is 0.375. The number of carbonyl (C=O) groups excluding carboxylic acids is 1. The Morgan fingerprint density at radius 2 is 1.96 bits per heavy atom. The smallest absolute Gasteiger partial charge is 0.271 e. The molecule has 3 rings (SSSR count). The van der Waals surface area contributed by atoms with Crippen LogP contribution < -0.4 is 16.0 Å². The van der Waals surface area contributed by atoms with E-state index < -0.39 is 0 Å². The highest BCUT2D eigenvalue weighted by atomic mass is 16.1. The largest absolute Gasteiger partial charge is 0.382 e. The maximum Gasteiger partial charge on any atom is 0.271 e. The minimum Gasteiger partial charge on any atom is -0.382 e. The van der Waals surface area contributed by atoms with Crippen molar-refractivity contribution in [3.05, 3.63) is 42.2 Å². The van der Waals surface area contributed by atoms with Gasteiger partial charge in [-0.1, -0.05) is 6.07 Å². The monoisotopic (exact) mass is 327 g/mol. The van der Waals surface area contributed by atoms with Gasteiger partial charge in [-0.15, -0.1) is 10.2 Å². The first-order valence-electron chi connectivity index (χ1n) is 7.98. The van der Waals surface area contributed by atoms with Crippen molar-refractivity contribution in [2.75, 3.05) is 49.9 Å². The molecule has 1 fully saturated rings. The zero-order valence-corrected chi connectivity index (χ0v) is 13.4. The van der Waals surface area contributed by atoms with Gasteiger partial charge in [0, 0.05) is 45.5 Å². The number of amides is 1. The van der Waals surface area contributed by atoms with E-state index in [1.807, 2.05) is 24.4 Å². The fourth-order valence-corrected chi connectivity index (χ4v) is 2.62. The molecule has 0 atom stereocenters. The van der Waals surface area contributed by atoms with Gasteiger partial charge in [-0.05, 0) is 24.3 Å². The number of rotatable bonds is 5. The van der Waals surface area contributed by atoms with Gasteiger partial charge in [-0.3, -0.25) is 9.69 Å². The van der Waals surface area contributed by atoms with E-state index in [1.165, 1.54) is 0 Å². The molecule has 3 heterocycles. The minimum atomic E-state index is -0.227. The molecule has 1 aliphatic heterocycles. The van der Waals surface area contributed by atoms with E-state index in [1.54, 1.807) is 12.1 Å². The number of pyridine rings is 1. The van der Waals surface area contributed by atoms with Gasteiger partial charge in [-0.25, -0.2) is 4.98 Å². The first-order chi connectivity index (χ1) is 11.7. The molecular formula is C16H21N7O. The molecule has 0 unspecified atom stereocenters. The second-order valence-electron chi connectivity index (χ2n) is 5.62. The molecule has 2 aromatic rings. The van der Waals surface area contributed by atoms with Crippen LogP contribution >= 0.6 is 0 Å². The summed E-state index contributed by atoms with van der Waals surface area (Å²) in [6.07, 6.45) is 1.82. The lowest BCUT2D eigenvalue weighted by atomic mass is 10.3. The van der Waals surface area contributed by atoms with E-state index in [4.69, 9.17) is 5.73 Å². The molecule has 8 heteroatoms. The molecule has 2 aromatic heterocycles. The molecule has 0 aromatic carbocycles. The van der Waals surface area contributed by atoms with E-state index in [-0.39, 0.29) is 11.6 Å². The molecule has 0 saturated carbocycles. The Morgan fingerprint density at radius 1 is 1.12 bits per heavy atom. The summed E-state index contributed by atoms with van der Waals surface area (Å²) in [5.74, 6) is 1.10. The van der Waals surface area contributed by atoms with Crippen LogP contribution in [-0.4, -0.2) is 65.3 Å². The average Bonchev–Trinajstić information content (AvgIpc) is 2.63. The van der Waals surface area contributed by atoms with Crippen LogP contribution in [0.4, 0.5) is 11.6 Å². The highest BCUT2D eigenvalue weighted by molar-refractivity contribution is 5.92. The van der Waals surface area contributed by atoms with E-state index in [0.717, 1.165) is 38.5 Å². The minimum absolute atomic E-state index is 0.227. The predicted octanol–water partition coefficient (Wildman–Crippen LogP) is 0.00580. The molecule has 8 nitrogen and oxygen atoms in total. The van der Waals surface area contributed by atoms with Crippen molar-refractivity contribution in [1.29, 1.82) is 0 Å². The van der Waals surface area contributed by atoms with Crippen molar-refractivity contribution < 1.29 is 4.79 Å². The molecule has 126 valence electrons. The van der Waals surface area contributed by atoms with Gasteiger partial charge in [0.05, 0.1) is 0 Å². The number of hydrogen-bond donors (Lipinski definition) is 2. The lowest BCUT2D eigenvalue weighted by molar-refractivity contribution is 0.0942. The Balaban J connectivity index is 1.39. The number of nitrogens with zero attached hydrogens (tertiary/aromatic N) is 5. The second-order valence-corrected chi connectivity index (χ2v) is 5.62. The Morgan fingerprint density at radius 3 is 2.62 bits per heavy atom. The van der Waals surface area contributed by atoms with Gasteiger partial charge >= 0.3 is 0 Å². The molecule has 1 amide bonds. The highest BCUT2D eigenvalue weighted by Gasteiger charge is 2.17. The molecule has 0 aliphatic carbocycles. The zero-order chi connectivity index (χ0) is 16.8. The van der Waals surface area contributed by atoms with Crippen molar-refractivity contribution in [3.63, 3.8) is 0 Å². The van der Waals surface area contributed by atoms with Crippen molar-refractivity contribution >= 4 is 17.5 Å². The lowest BCUT2D eigenvalue weighted by Crippen LogP contribution is -2.48. The molecule has 1 saturated heterocycles. The number of nitrogens with two attached hydrogens (primary N) is 1. The predicted molar refractivity (Wildman–Crippen MR) is 91.7 cm³/mol. The van der Waals surface area contributed by atoms with Gasteiger partial charge < -0.3 is 16.0 Å². The standard InChI is InChI=1S/C16H21N7O/c17-14-5-4-13(20-21-14)16(24)19-7-8-22-9-11-23(12-10-22)15-3-1-2-6-18-15/h1-6H,7-12H2,(H2,17,21)(H,19,24). The summed E-state index contributed by atoms with van der Waals surface area (Å²) in [4.78, 5) is 20.9. The molecular weight excluding hydrogens is 306 g/mol. The molecule has 3 N–H and O–H groups in total. The quantitative estimate of drug-likeness (QED) is 0.797. The number of carbonyl (C=O) groups is 1. The van der Waals surface area contributed by atoms with Crippen LogP contribution in [0.5, 0.6) is 0 Å². The maximum absolute atomic E-state index is 11.9. The van der Waals surface area contributed by atoms with E-state index in [2.05, 4.69) is 30.3 Å². The van der Waals surface area contributed by atoms with Crippen LogP contribution in [-0.2, 0) is 0 Å². The van der Waals surface area contributed by atoms with Gasteiger partial charge in [0.2, 0.25) is 0 Å². The summed E-state index contributed by atoms with van der Waals surface area (Å²) < 4.78 is 0. The summed E-state index contributed by atoms with van der Waals surface area (Å²) in [5.41, 5.74) is 5.74. The molecule has 24 heavy (non-hydrogen) atoms. The first-order valence-corrected chi connectivity index (χ1v) is 7.98. The number of piperazine rings is 1. The van der Waals surface area contributed by atoms with Crippen LogP contribution in [0.3, 0.4) is 0 Å². The van der Waals surface area contributed by atoms with Gasteiger partial charge in [0.1, 0.15) is 11.6 Å². The SMILES string of the molecule is Nc1ccc(C(=O)NCCN2CCN(c3ccccn3)CC2)nn1. The Bertz CT molecular complexity index is 654. The van der Waals surface area contributed by atoms with Crippen molar-refractivity contribution in [3.8, 4) is 0 Å². The lowest BCUT2D eigenvalue weighted by Gasteiger charge is -2.35. The Labute approximate surface area is 140 Å². The van der Waals surface area contributed by atoms with Gasteiger partial charge in [0.25, 0.3) is 5.91 Å². The summed E-state index contributed by atoms with van der Waals surface area (Å²) in [6.45, 7) is 5.17. The van der Waals surface area contributed by atoms with Crippen LogP contribution in [0.25, 0.3) is 0 Å². The summed E-state index contributed by atoms with van der Waals surface area (Å²) >= 11 is 0. The van der Waals surface area contributed by atoms with Crippen LogP contribution in [0, 0.1) is 0 Å². The van der Waals surface area contributed by atoms with Gasteiger partial charge in [0.15, 0.2) is 5.69 Å². The summed E-state index contributed by atoms with van der Waals surface area (Å²) in [7, 11) is 0. The van der Waals surface area contributed by atoms with E-state index >= 15 is 0 Å². The Hall–Kier alpha value is -2.74. The number of nitrogens with one attached hydrogen (secondary N) is 1. The summed E-state index contributed by atoms with van der Waals surface area (Å²) in [6, 6.07) is 9.10. The third-order valence-corrected chi connectivity index (χ3v) is 3.98. The normalized spacial score (nSPS) is 15.2. The Kier molecular flexibility index (Phi) is 5.17. The van der Waals surface area contributed by atoms with Crippen molar-refractivity contribution in [2.45, 2.75) is 0 Å². The number of anilines is 2. The van der Waals surface area contributed by atoms with Crippen LogP contribution in [0.15, 0.2) is 36.5 Å². The third kappa shape index (κ3) is 4.17. The third-order valence-electron chi connectivity index (χ3n) is 3.98. The highest BCUT2D eigenvalue weighted by Crippen LogP contribution is 2.12. The van der Waals surface area contributed by atoms with Crippen molar-refractivity contribution in [2.24, 2.45) is 0 Å². The molecule has 0 spiro atoms. The van der Waals surface area contributed by atoms with Gasteiger partial charge in [-0.2, -0.15) is 0 Å². The molecule has 1 aliphatic rings. The maximum atomic E-state index is 11.9. The topological polar surface area (TPSA) is 100 Å². The zero-order valence-electron chi connectivity index (χ0n) is 13.4. The summed E-state index contributed by atoms with van der Waals surface area (Å²) in [5, 5.41) is 10.3. The van der Waals surface area contributed by atoms with Crippen molar-refractivity contribution in [1.82, 2.24) is 25.4 Å². The fourth-order valence-electron chi connectivity index (χ4n) is 2.62. The van der Waals surface area contributed by atoms with E-state index in [9.17, 15) is 4.79 Å².